The van der Waals surface area contributed by atoms with Gasteiger partial charge in [-0.05, 0) is 6.42 Å². The summed E-state index contributed by atoms with van der Waals surface area (Å²) in [5.74, 6) is 0.342. The number of carbonyl (C=O) groups excluding carboxylic acids is 1. The molecular weight excluding hydrogens is 148 g/mol. The van der Waals surface area contributed by atoms with Crippen LogP contribution in [0.3, 0.4) is 0 Å². The summed E-state index contributed by atoms with van der Waals surface area (Å²) >= 11 is 3.98. The summed E-state index contributed by atoms with van der Waals surface area (Å²) in [5, 5.41) is 0. The highest BCUT2D eigenvalue weighted by molar-refractivity contribution is 7.80. The monoisotopic (exact) mass is 162 g/mol. The van der Waals surface area contributed by atoms with E-state index in [2.05, 4.69) is 12.6 Å². The molecule has 0 bridgehead atoms. The zero-order valence-electron chi connectivity index (χ0n) is 6.46. The summed E-state index contributed by atoms with van der Waals surface area (Å²) in [6.07, 6.45) is 0.880. The van der Waals surface area contributed by atoms with Crippen LogP contribution >= 0.6 is 12.6 Å². The lowest BCUT2D eigenvalue weighted by Gasteiger charge is -2.06. The zero-order chi connectivity index (χ0) is 7.98. The Bertz CT molecular complexity index is 104. The normalized spacial score (nSPS) is 12.7. The van der Waals surface area contributed by atoms with Gasteiger partial charge in [-0.3, -0.25) is 4.79 Å². The third-order valence-electron chi connectivity index (χ3n) is 1.12. The lowest BCUT2D eigenvalue weighted by Crippen LogP contribution is -2.16. The van der Waals surface area contributed by atoms with Crippen LogP contribution in [0.25, 0.3) is 0 Å². The van der Waals surface area contributed by atoms with Gasteiger partial charge < -0.3 is 4.74 Å². The van der Waals surface area contributed by atoms with E-state index in [1.807, 2.05) is 13.8 Å². The number of thiol groups is 1. The molecule has 0 aliphatic heterocycles. The molecule has 2 nitrogen and oxygen atoms in total. The summed E-state index contributed by atoms with van der Waals surface area (Å²) in [4.78, 5) is 10.9. The van der Waals surface area contributed by atoms with E-state index in [0.717, 1.165) is 6.42 Å². The van der Waals surface area contributed by atoms with E-state index in [1.165, 1.54) is 0 Å². The van der Waals surface area contributed by atoms with Crippen molar-refractivity contribution in [2.75, 3.05) is 12.4 Å². The van der Waals surface area contributed by atoms with E-state index in [1.54, 1.807) is 0 Å². The fourth-order valence-electron chi connectivity index (χ4n) is 0.419. The summed E-state index contributed by atoms with van der Waals surface area (Å²) in [6.45, 7) is 4.31. The van der Waals surface area contributed by atoms with Crippen LogP contribution in [0.1, 0.15) is 20.3 Å². The molecule has 0 fully saturated rings. The fraction of sp³-hybridized carbons (Fsp3) is 0.857. The molecule has 0 aliphatic carbocycles. The Balaban J connectivity index is 3.42. The van der Waals surface area contributed by atoms with Crippen LogP contribution in [0.2, 0.25) is 0 Å². The molecule has 3 heteroatoms. The SMILES string of the molecule is CCCOC(=O)C(C)CS. The number of ether oxygens (including phenoxy) is 1. The maximum Gasteiger partial charge on any atom is 0.309 e. The second-order valence-corrected chi connectivity index (χ2v) is 2.62. The summed E-state index contributed by atoms with van der Waals surface area (Å²) in [5.41, 5.74) is 0. The highest BCUT2D eigenvalue weighted by Gasteiger charge is 2.10. The molecule has 0 aromatic carbocycles. The smallest absolute Gasteiger partial charge is 0.309 e. The maximum atomic E-state index is 10.9. The van der Waals surface area contributed by atoms with Crippen molar-refractivity contribution in [3.63, 3.8) is 0 Å². The van der Waals surface area contributed by atoms with Gasteiger partial charge in [0.05, 0.1) is 12.5 Å². The minimum Gasteiger partial charge on any atom is -0.465 e. The molecule has 1 atom stereocenters. The second kappa shape index (κ2) is 5.59. The Morgan fingerprint density at radius 2 is 2.30 bits per heavy atom. The molecule has 0 spiro atoms. The van der Waals surface area contributed by atoms with Crippen molar-refractivity contribution in [2.24, 2.45) is 5.92 Å². The van der Waals surface area contributed by atoms with Crippen molar-refractivity contribution >= 4 is 18.6 Å². The van der Waals surface area contributed by atoms with Gasteiger partial charge in [0.15, 0.2) is 0 Å². The average Bonchev–Trinajstić information content (AvgIpc) is 1.98. The highest BCUT2D eigenvalue weighted by Crippen LogP contribution is 2.00. The predicted octanol–water partition coefficient (Wildman–Crippen LogP) is 1.51. The summed E-state index contributed by atoms with van der Waals surface area (Å²) in [7, 11) is 0. The predicted molar refractivity (Wildman–Crippen MR) is 44.3 cm³/mol. The average molecular weight is 162 g/mol. The van der Waals surface area contributed by atoms with Crippen molar-refractivity contribution in [3.05, 3.63) is 0 Å². The van der Waals surface area contributed by atoms with Crippen molar-refractivity contribution < 1.29 is 9.53 Å². The lowest BCUT2D eigenvalue weighted by molar-refractivity contribution is -0.147. The van der Waals surface area contributed by atoms with E-state index < -0.39 is 0 Å². The molecule has 0 heterocycles. The van der Waals surface area contributed by atoms with E-state index in [4.69, 9.17) is 4.74 Å². The molecule has 0 radical (unpaired) electrons. The van der Waals surface area contributed by atoms with Crippen molar-refractivity contribution in [2.45, 2.75) is 20.3 Å². The number of hydrogen-bond acceptors (Lipinski definition) is 3. The number of carbonyl (C=O) groups is 1. The first kappa shape index (κ1) is 9.82. The summed E-state index contributed by atoms with van der Waals surface area (Å²) < 4.78 is 4.86. The Morgan fingerprint density at radius 3 is 2.70 bits per heavy atom. The first-order valence-electron chi connectivity index (χ1n) is 3.49. The Morgan fingerprint density at radius 1 is 1.70 bits per heavy atom. The molecule has 0 aromatic heterocycles. The maximum absolute atomic E-state index is 10.9. The van der Waals surface area contributed by atoms with Gasteiger partial charge in [0.1, 0.15) is 0 Å². The fourth-order valence-corrected chi connectivity index (χ4v) is 0.569. The van der Waals surface area contributed by atoms with Gasteiger partial charge in [-0.15, -0.1) is 0 Å². The van der Waals surface area contributed by atoms with Gasteiger partial charge in [-0.2, -0.15) is 12.6 Å². The molecule has 0 amide bonds. The molecule has 0 N–H and O–H groups in total. The molecule has 0 saturated heterocycles. The first-order valence-corrected chi connectivity index (χ1v) is 4.13. The molecule has 0 rings (SSSR count). The van der Waals surface area contributed by atoms with Crippen molar-refractivity contribution in [1.29, 1.82) is 0 Å². The number of esters is 1. The molecule has 1 unspecified atom stereocenters. The van der Waals surface area contributed by atoms with E-state index in [-0.39, 0.29) is 11.9 Å². The largest absolute Gasteiger partial charge is 0.465 e. The third kappa shape index (κ3) is 3.77. The van der Waals surface area contributed by atoms with Crippen LogP contribution in [-0.2, 0) is 9.53 Å². The topological polar surface area (TPSA) is 26.3 Å². The van der Waals surface area contributed by atoms with Gasteiger partial charge in [-0.1, -0.05) is 13.8 Å². The Labute approximate surface area is 67.4 Å². The second-order valence-electron chi connectivity index (χ2n) is 2.25. The van der Waals surface area contributed by atoms with Gasteiger partial charge in [0.2, 0.25) is 0 Å². The van der Waals surface area contributed by atoms with Crippen LogP contribution in [0, 0.1) is 5.92 Å². The standard InChI is InChI=1S/C7H14O2S/c1-3-4-9-7(8)6(2)5-10/h6,10H,3-5H2,1-2H3. The first-order chi connectivity index (χ1) is 4.72. The summed E-state index contributed by atoms with van der Waals surface area (Å²) in [6, 6.07) is 0. The highest BCUT2D eigenvalue weighted by atomic mass is 32.1. The van der Waals surface area contributed by atoms with Crippen LogP contribution in [0.15, 0.2) is 0 Å². The number of rotatable bonds is 4. The Hall–Kier alpha value is -0.180. The van der Waals surface area contributed by atoms with Gasteiger partial charge >= 0.3 is 5.97 Å². The van der Waals surface area contributed by atoms with Crippen LogP contribution in [0.4, 0.5) is 0 Å². The quantitative estimate of drug-likeness (QED) is 0.501. The minimum absolute atomic E-state index is 0.0742. The molecule has 0 aromatic rings. The van der Waals surface area contributed by atoms with Crippen molar-refractivity contribution in [1.82, 2.24) is 0 Å². The zero-order valence-corrected chi connectivity index (χ0v) is 7.36. The van der Waals surface area contributed by atoms with E-state index in [9.17, 15) is 4.79 Å². The van der Waals surface area contributed by atoms with Crippen molar-refractivity contribution in [3.8, 4) is 0 Å². The molecule has 10 heavy (non-hydrogen) atoms. The molecule has 0 saturated carbocycles. The lowest BCUT2D eigenvalue weighted by atomic mass is 10.2. The minimum atomic E-state index is -0.142. The van der Waals surface area contributed by atoms with Crippen LogP contribution < -0.4 is 0 Å². The van der Waals surface area contributed by atoms with Gasteiger partial charge in [-0.25, -0.2) is 0 Å². The van der Waals surface area contributed by atoms with Crippen LogP contribution in [-0.4, -0.2) is 18.3 Å². The van der Waals surface area contributed by atoms with E-state index in [0.29, 0.717) is 12.4 Å². The molecule has 0 aliphatic rings. The number of hydrogen-bond donors (Lipinski definition) is 1. The van der Waals surface area contributed by atoms with Gasteiger partial charge in [0.25, 0.3) is 0 Å². The molecule has 60 valence electrons. The van der Waals surface area contributed by atoms with Crippen LogP contribution in [0.5, 0.6) is 0 Å². The van der Waals surface area contributed by atoms with E-state index >= 15 is 0 Å². The third-order valence-corrected chi connectivity index (χ3v) is 1.67. The Kier molecular flexibility index (Phi) is 5.49. The molecular formula is C7H14O2S. The van der Waals surface area contributed by atoms with Gasteiger partial charge in [0, 0.05) is 5.75 Å².